The van der Waals surface area contributed by atoms with Gasteiger partial charge in [0.1, 0.15) is 11.4 Å². The lowest BCUT2D eigenvalue weighted by molar-refractivity contribution is 0.0287. The van der Waals surface area contributed by atoms with Gasteiger partial charge in [0.25, 0.3) is 0 Å². The summed E-state index contributed by atoms with van der Waals surface area (Å²) in [6.45, 7) is 8.37. The molecule has 1 N–H and O–H groups in total. The molecule has 132 valence electrons. The SMILES string of the molecule is CC(C)(C)OC(=O)N1CCC(CCc2ccc3c(n2)NCCC3)C1. The molecule has 1 aromatic heterocycles. The van der Waals surface area contributed by atoms with E-state index in [4.69, 9.17) is 9.72 Å². The van der Waals surface area contributed by atoms with Gasteiger partial charge in [-0.05, 0) is 70.4 Å². The van der Waals surface area contributed by atoms with Crippen molar-refractivity contribution in [2.24, 2.45) is 5.92 Å². The Bertz CT molecular complexity index is 595. The summed E-state index contributed by atoms with van der Waals surface area (Å²) < 4.78 is 5.46. The van der Waals surface area contributed by atoms with Crippen molar-refractivity contribution in [3.8, 4) is 0 Å². The molecule has 3 heterocycles. The molecule has 0 radical (unpaired) electrons. The molecule has 2 aliphatic heterocycles. The third-order valence-electron chi connectivity index (χ3n) is 4.70. The van der Waals surface area contributed by atoms with Crippen LogP contribution in [-0.4, -0.2) is 41.2 Å². The van der Waals surface area contributed by atoms with Gasteiger partial charge < -0.3 is 15.0 Å². The second-order valence-electron chi connectivity index (χ2n) is 7.96. The average molecular weight is 331 g/mol. The highest BCUT2D eigenvalue weighted by atomic mass is 16.6. The van der Waals surface area contributed by atoms with Crippen molar-refractivity contribution >= 4 is 11.9 Å². The van der Waals surface area contributed by atoms with Gasteiger partial charge in [0.2, 0.25) is 0 Å². The zero-order valence-corrected chi connectivity index (χ0v) is 15.1. The van der Waals surface area contributed by atoms with Crippen molar-refractivity contribution in [3.63, 3.8) is 0 Å². The zero-order valence-electron chi connectivity index (χ0n) is 15.1. The molecule has 0 spiro atoms. The second kappa shape index (κ2) is 6.99. The van der Waals surface area contributed by atoms with Gasteiger partial charge in [-0.3, -0.25) is 0 Å². The summed E-state index contributed by atoms with van der Waals surface area (Å²) in [5.41, 5.74) is 2.07. The van der Waals surface area contributed by atoms with E-state index in [2.05, 4.69) is 17.4 Å². The molecule has 1 unspecified atom stereocenters. The van der Waals surface area contributed by atoms with Gasteiger partial charge in [-0.2, -0.15) is 0 Å². The molecule has 1 atom stereocenters. The molecule has 5 heteroatoms. The standard InChI is InChI=1S/C19H29N3O2/c1-19(2,3)24-18(23)22-12-10-14(13-22)6-8-16-9-7-15-5-4-11-20-17(15)21-16/h7,9,14H,4-6,8,10-13H2,1-3H3,(H,20,21). The number of ether oxygens (including phenoxy) is 1. The second-order valence-corrected chi connectivity index (χ2v) is 7.96. The summed E-state index contributed by atoms with van der Waals surface area (Å²) in [6, 6.07) is 4.37. The summed E-state index contributed by atoms with van der Waals surface area (Å²) in [5.74, 6) is 1.61. The Hall–Kier alpha value is -1.78. The van der Waals surface area contributed by atoms with E-state index in [1.54, 1.807) is 0 Å². The molecule has 3 rings (SSSR count). The average Bonchev–Trinajstić information content (AvgIpc) is 3.00. The number of hydrogen-bond donors (Lipinski definition) is 1. The Kier molecular flexibility index (Phi) is 4.97. The summed E-state index contributed by atoms with van der Waals surface area (Å²) in [5, 5.41) is 3.39. The number of amides is 1. The highest BCUT2D eigenvalue weighted by Crippen LogP contribution is 2.25. The van der Waals surface area contributed by atoms with Gasteiger partial charge in [0.05, 0.1) is 0 Å². The van der Waals surface area contributed by atoms with Gasteiger partial charge >= 0.3 is 6.09 Å². The van der Waals surface area contributed by atoms with Crippen molar-refractivity contribution in [2.75, 3.05) is 25.0 Å². The molecule has 24 heavy (non-hydrogen) atoms. The highest BCUT2D eigenvalue weighted by Gasteiger charge is 2.29. The van der Waals surface area contributed by atoms with E-state index in [0.717, 1.165) is 56.8 Å². The monoisotopic (exact) mass is 331 g/mol. The quantitative estimate of drug-likeness (QED) is 0.919. The van der Waals surface area contributed by atoms with Crippen LogP contribution in [0.15, 0.2) is 12.1 Å². The molecule has 2 aliphatic rings. The summed E-state index contributed by atoms with van der Waals surface area (Å²) in [4.78, 5) is 18.7. The van der Waals surface area contributed by atoms with Gasteiger partial charge in [-0.25, -0.2) is 9.78 Å². The molecule has 1 fully saturated rings. The Balaban J connectivity index is 1.49. The Labute approximate surface area is 144 Å². The van der Waals surface area contributed by atoms with E-state index in [0.29, 0.717) is 5.92 Å². The van der Waals surface area contributed by atoms with Crippen molar-refractivity contribution in [1.82, 2.24) is 9.88 Å². The van der Waals surface area contributed by atoms with Crippen molar-refractivity contribution in [2.45, 2.75) is 58.5 Å². The van der Waals surface area contributed by atoms with Crippen LogP contribution in [0.4, 0.5) is 10.6 Å². The highest BCUT2D eigenvalue weighted by molar-refractivity contribution is 5.68. The predicted molar refractivity (Wildman–Crippen MR) is 95.3 cm³/mol. The number of nitrogens with zero attached hydrogens (tertiary/aromatic N) is 2. The van der Waals surface area contributed by atoms with Crippen LogP contribution in [0.3, 0.4) is 0 Å². The molecule has 1 saturated heterocycles. The lowest BCUT2D eigenvalue weighted by atomic mass is 10.00. The number of aromatic nitrogens is 1. The number of anilines is 1. The molecule has 0 saturated carbocycles. The lowest BCUT2D eigenvalue weighted by Gasteiger charge is -2.24. The molecule has 1 aromatic rings. The number of hydrogen-bond acceptors (Lipinski definition) is 4. The number of pyridine rings is 1. The summed E-state index contributed by atoms with van der Waals surface area (Å²) >= 11 is 0. The topological polar surface area (TPSA) is 54.5 Å². The molecule has 0 aromatic carbocycles. The number of fused-ring (bicyclic) bond motifs is 1. The smallest absolute Gasteiger partial charge is 0.410 e. The van der Waals surface area contributed by atoms with Crippen LogP contribution in [0.5, 0.6) is 0 Å². The van der Waals surface area contributed by atoms with Crippen LogP contribution >= 0.6 is 0 Å². The first-order valence-corrected chi connectivity index (χ1v) is 9.11. The van der Waals surface area contributed by atoms with Crippen molar-refractivity contribution < 1.29 is 9.53 Å². The van der Waals surface area contributed by atoms with E-state index < -0.39 is 5.60 Å². The van der Waals surface area contributed by atoms with Crippen molar-refractivity contribution in [3.05, 3.63) is 23.4 Å². The van der Waals surface area contributed by atoms with Crippen molar-refractivity contribution in [1.29, 1.82) is 0 Å². The minimum absolute atomic E-state index is 0.180. The van der Waals surface area contributed by atoms with Crippen LogP contribution < -0.4 is 5.32 Å². The van der Waals surface area contributed by atoms with E-state index in [9.17, 15) is 4.79 Å². The first-order chi connectivity index (χ1) is 11.4. The number of rotatable bonds is 3. The first kappa shape index (κ1) is 17.1. The van der Waals surface area contributed by atoms with Gasteiger partial charge in [-0.1, -0.05) is 6.07 Å². The molecular formula is C19H29N3O2. The fourth-order valence-electron chi connectivity index (χ4n) is 3.42. The maximum atomic E-state index is 12.1. The first-order valence-electron chi connectivity index (χ1n) is 9.11. The fourth-order valence-corrected chi connectivity index (χ4v) is 3.42. The molecule has 0 aliphatic carbocycles. The van der Waals surface area contributed by atoms with Gasteiger partial charge in [-0.15, -0.1) is 0 Å². The zero-order chi connectivity index (χ0) is 17.2. The third-order valence-corrected chi connectivity index (χ3v) is 4.70. The fraction of sp³-hybridized carbons (Fsp3) is 0.684. The van der Waals surface area contributed by atoms with Crippen LogP contribution in [-0.2, 0) is 17.6 Å². The van der Waals surface area contributed by atoms with E-state index in [1.807, 2.05) is 25.7 Å². The largest absolute Gasteiger partial charge is 0.444 e. The van der Waals surface area contributed by atoms with Crippen LogP contribution in [0, 0.1) is 5.92 Å². The Morgan fingerprint density at radius 3 is 3.04 bits per heavy atom. The van der Waals surface area contributed by atoms with Crippen LogP contribution in [0.25, 0.3) is 0 Å². The van der Waals surface area contributed by atoms with E-state index in [-0.39, 0.29) is 6.09 Å². The van der Waals surface area contributed by atoms with E-state index in [1.165, 1.54) is 12.0 Å². The lowest BCUT2D eigenvalue weighted by Crippen LogP contribution is -2.35. The molecule has 5 nitrogen and oxygen atoms in total. The minimum Gasteiger partial charge on any atom is -0.444 e. The predicted octanol–water partition coefficient (Wildman–Crippen LogP) is 3.63. The maximum Gasteiger partial charge on any atom is 0.410 e. The Morgan fingerprint density at radius 1 is 1.42 bits per heavy atom. The summed E-state index contributed by atoms with van der Waals surface area (Å²) in [6.07, 6.45) is 5.25. The number of carbonyl (C=O) groups excluding carboxylic acids is 1. The Morgan fingerprint density at radius 2 is 2.25 bits per heavy atom. The maximum absolute atomic E-state index is 12.1. The third kappa shape index (κ3) is 4.40. The van der Waals surface area contributed by atoms with E-state index >= 15 is 0 Å². The number of carbonyl (C=O) groups is 1. The molecule has 0 bridgehead atoms. The number of likely N-dealkylation sites (tertiary alicyclic amines) is 1. The van der Waals surface area contributed by atoms with Gasteiger partial charge in [0, 0.05) is 25.3 Å². The van der Waals surface area contributed by atoms with Crippen LogP contribution in [0.2, 0.25) is 0 Å². The number of aryl methyl sites for hydroxylation is 2. The summed E-state index contributed by atoms with van der Waals surface area (Å²) in [7, 11) is 0. The molecule has 1 amide bonds. The van der Waals surface area contributed by atoms with Crippen LogP contribution in [0.1, 0.15) is 51.3 Å². The molecular weight excluding hydrogens is 302 g/mol. The minimum atomic E-state index is -0.421. The normalized spacial score (nSPS) is 20.5. The van der Waals surface area contributed by atoms with Gasteiger partial charge in [0.15, 0.2) is 0 Å². The number of nitrogens with one attached hydrogen (secondary N) is 1.